The van der Waals surface area contributed by atoms with E-state index in [1.54, 1.807) is 18.2 Å². The lowest BCUT2D eigenvalue weighted by atomic mass is 10.1. The lowest BCUT2D eigenvalue weighted by molar-refractivity contribution is 0.0680. The molecule has 0 aliphatic carbocycles. The van der Waals surface area contributed by atoms with Gasteiger partial charge in [0, 0.05) is 12.1 Å². The molecule has 3 N–H and O–H groups in total. The maximum atomic E-state index is 10.6. The molecule has 0 bridgehead atoms. The number of rotatable bonds is 3. The number of carbonyl (C=O) groups is 1. The summed E-state index contributed by atoms with van der Waals surface area (Å²) in [6.45, 7) is 0.397. The number of nitrogens with two attached hydrogens (primary N) is 1. The van der Waals surface area contributed by atoms with Crippen LogP contribution in [-0.2, 0) is 6.54 Å². The molecular weight excluding hydrogens is 210 g/mol. The summed E-state index contributed by atoms with van der Waals surface area (Å²) in [6.07, 6.45) is 0. The number of aromatic nitrogens is 2. The van der Waals surface area contributed by atoms with Crippen molar-refractivity contribution in [1.29, 1.82) is 0 Å². The number of aromatic carboxylic acids is 1. The van der Waals surface area contributed by atoms with Gasteiger partial charge in [0.05, 0.1) is 0 Å². The number of nitrogens with zero attached hydrogens (tertiary/aromatic N) is 2. The van der Waals surface area contributed by atoms with Crippen molar-refractivity contribution in [2.75, 3.05) is 0 Å². The summed E-state index contributed by atoms with van der Waals surface area (Å²) < 4.78 is 4.83. The van der Waals surface area contributed by atoms with Gasteiger partial charge < -0.3 is 15.4 Å². The van der Waals surface area contributed by atoms with Gasteiger partial charge in [0.2, 0.25) is 0 Å². The molecule has 1 aromatic heterocycles. The van der Waals surface area contributed by atoms with Crippen molar-refractivity contribution >= 4 is 5.97 Å². The summed E-state index contributed by atoms with van der Waals surface area (Å²) in [7, 11) is 0. The Kier molecular flexibility index (Phi) is 2.65. The van der Waals surface area contributed by atoms with Crippen LogP contribution in [0.1, 0.15) is 16.2 Å². The first-order valence-corrected chi connectivity index (χ1v) is 4.57. The number of carboxylic acids is 1. The second-order valence-corrected chi connectivity index (χ2v) is 3.13. The third-order valence-corrected chi connectivity index (χ3v) is 2.03. The molecule has 6 heteroatoms. The molecule has 0 saturated heterocycles. The van der Waals surface area contributed by atoms with E-state index in [1.165, 1.54) is 0 Å². The molecule has 0 aliphatic heterocycles. The summed E-state index contributed by atoms with van der Waals surface area (Å²) in [5.74, 6) is -1.40. The van der Waals surface area contributed by atoms with Crippen LogP contribution in [0.15, 0.2) is 28.8 Å². The van der Waals surface area contributed by atoms with Crippen LogP contribution >= 0.6 is 0 Å². The van der Waals surface area contributed by atoms with Crippen molar-refractivity contribution in [3.63, 3.8) is 0 Å². The van der Waals surface area contributed by atoms with E-state index in [-0.39, 0.29) is 11.7 Å². The van der Waals surface area contributed by atoms with Crippen LogP contribution in [-0.4, -0.2) is 21.2 Å². The van der Waals surface area contributed by atoms with Crippen LogP contribution in [0.3, 0.4) is 0 Å². The van der Waals surface area contributed by atoms with Gasteiger partial charge >= 0.3 is 5.97 Å². The first-order chi connectivity index (χ1) is 7.70. The van der Waals surface area contributed by atoms with E-state index in [9.17, 15) is 4.79 Å². The molecule has 0 aliphatic rings. The Morgan fingerprint density at radius 3 is 2.94 bits per heavy atom. The van der Waals surface area contributed by atoms with Gasteiger partial charge in [-0.15, -0.1) is 0 Å². The summed E-state index contributed by atoms with van der Waals surface area (Å²) in [5.41, 5.74) is 7.05. The fourth-order valence-electron chi connectivity index (χ4n) is 1.26. The Hall–Kier alpha value is -2.21. The van der Waals surface area contributed by atoms with Crippen LogP contribution in [0.5, 0.6) is 0 Å². The lowest BCUT2D eigenvalue weighted by Gasteiger charge is -1.97. The highest BCUT2D eigenvalue weighted by molar-refractivity contribution is 5.83. The molecule has 0 radical (unpaired) electrons. The lowest BCUT2D eigenvalue weighted by Crippen LogP contribution is -1.98. The Labute approximate surface area is 90.7 Å². The summed E-state index contributed by atoms with van der Waals surface area (Å²) in [6, 6.07) is 7.18. The van der Waals surface area contributed by atoms with Gasteiger partial charge in [-0.25, -0.2) is 4.79 Å². The minimum absolute atomic E-state index is 0.174. The van der Waals surface area contributed by atoms with E-state index in [0.717, 1.165) is 5.56 Å². The van der Waals surface area contributed by atoms with Crippen molar-refractivity contribution in [1.82, 2.24) is 10.1 Å². The number of carboxylic acid groups (broad SMARTS) is 1. The molecule has 0 unspecified atom stereocenters. The molecular formula is C10H9N3O3. The third kappa shape index (κ3) is 1.91. The molecule has 1 heterocycles. The monoisotopic (exact) mass is 219 g/mol. The van der Waals surface area contributed by atoms with Crippen molar-refractivity contribution in [3.8, 4) is 11.5 Å². The minimum Gasteiger partial charge on any atom is -0.475 e. The molecule has 16 heavy (non-hydrogen) atoms. The van der Waals surface area contributed by atoms with Gasteiger partial charge in [-0.2, -0.15) is 4.98 Å². The standard InChI is InChI=1S/C10H9N3O3/c11-5-6-2-1-3-7(4-6)9-12-8(10(14)15)13-16-9/h1-4H,5,11H2,(H,14,15). The number of hydrogen-bond donors (Lipinski definition) is 2. The molecule has 0 amide bonds. The summed E-state index contributed by atoms with van der Waals surface area (Å²) >= 11 is 0. The molecule has 1 aromatic carbocycles. The van der Waals surface area contributed by atoms with Gasteiger partial charge in [-0.05, 0) is 22.9 Å². The highest BCUT2D eigenvalue weighted by Crippen LogP contribution is 2.18. The van der Waals surface area contributed by atoms with Crippen molar-refractivity contribution < 1.29 is 14.4 Å². The summed E-state index contributed by atoms with van der Waals surface area (Å²) in [4.78, 5) is 14.3. The maximum Gasteiger partial charge on any atom is 0.377 e. The average Bonchev–Trinajstić information content (AvgIpc) is 2.78. The van der Waals surface area contributed by atoms with Crippen LogP contribution < -0.4 is 5.73 Å². The molecule has 2 aromatic rings. The maximum absolute atomic E-state index is 10.6. The zero-order chi connectivity index (χ0) is 11.5. The Morgan fingerprint density at radius 1 is 1.50 bits per heavy atom. The van der Waals surface area contributed by atoms with Crippen LogP contribution in [0, 0.1) is 0 Å². The van der Waals surface area contributed by atoms with E-state index in [0.29, 0.717) is 12.1 Å². The first kappa shape index (κ1) is 10.3. The highest BCUT2D eigenvalue weighted by Gasteiger charge is 2.14. The Bertz CT molecular complexity index is 522. The summed E-state index contributed by atoms with van der Waals surface area (Å²) in [5, 5.41) is 12.0. The van der Waals surface area contributed by atoms with Gasteiger partial charge in [-0.1, -0.05) is 12.1 Å². The van der Waals surface area contributed by atoms with E-state index in [1.807, 2.05) is 6.07 Å². The van der Waals surface area contributed by atoms with Crippen LogP contribution in [0.2, 0.25) is 0 Å². The topological polar surface area (TPSA) is 102 Å². The quantitative estimate of drug-likeness (QED) is 0.794. The highest BCUT2D eigenvalue weighted by atomic mass is 16.5. The van der Waals surface area contributed by atoms with Crippen LogP contribution in [0.4, 0.5) is 0 Å². The van der Waals surface area contributed by atoms with Crippen molar-refractivity contribution in [2.24, 2.45) is 5.73 Å². The smallest absolute Gasteiger partial charge is 0.377 e. The molecule has 0 atom stereocenters. The second-order valence-electron chi connectivity index (χ2n) is 3.13. The van der Waals surface area contributed by atoms with E-state index < -0.39 is 5.97 Å². The zero-order valence-corrected chi connectivity index (χ0v) is 8.25. The molecule has 6 nitrogen and oxygen atoms in total. The molecule has 0 fully saturated rings. The molecule has 0 spiro atoms. The Balaban J connectivity index is 2.38. The molecule has 2 rings (SSSR count). The third-order valence-electron chi connectivity index (χ3n) is 2.03. The average molecular weight is 219 g/mol. The number of hydrogen-bond acceptors (Lipinski definition) is 5. The van der Waals surface area contributed by atoms with E-state index >= 15 is 0 Å². The predicted molar refractivity (Wildman–Crippen MR) is 54.6 cm³/mol. The van der Waals surface area contributed by atoms with Gasteiger partial charge in [-0.3, -0.25) is 0 Å². The second kappa shape index (κ2) is 4.11. The molecule has 82 valence electrons. The SMILES string of the molecule is NCc1cccc(-c2nc(C(=O)O)no2)c1. The minimum atomic E-state index is -1.22. The largest absolute Gasteiger partial charge is 0.475 e. The van der Waals surface area contributed by atoms with E-state index in [4.69, 9.17) is 15.4 Å². The zero-order valence-electron chi connectivity index (χ0n) is 8.25. The van der Waals surface area contributed by atoms with Gasteiger partial charge in [0.1, 0.15) is 0 Å². The fraction of sp³-hybridized carbons (Fsp3) is 0.100. The first-order valence-electron chi connectivity index (χ1n) is 4.57. The molecule has 0 saturated carbocycles. The van der Waals surface area contributed by atoms with Crippen molar-refractivity contribution in [2.45, 2.75) is 6.54 Å². The predicted octanol–water partition coefficient (Wildman–Crippen LogP) is 0.893. The van der Waals surface area contributed by atoms with E-state index in [2.05, 4.69) is 10.1 Å². The number of benzene rings is 1. The fourth-order valence-corrected chi connectivity index (χ4v) is 1.26. The van der Waals surface area contributed by atoms with Crippen molar-refractivity contribution in [3.05, 3.63) is 35.7 Å². The van der Waals surface area contributed by atoms with Gasteiger partial charge in [0.25, 0.3) is 11.7 Å². The van der Waals surface area contributed by atoms with Gasteiger partial charge in [0.15, 0.2) is 0 Å². The Morgan fingerprint density at radius 2 is 2.31 bits per heavy atom. The van der Waals surface area contributed by atoms with Crippen LogP contribution in [0.25, 0.3) is 11.5 Å². The normalized spacial score (nSPS) is 10.3.